The van der Waals surface area contributed by atoms with Crippen molar-refractivity contribution < 1.29 is 13.9 Å². The Morgan fingerprint density at radius 3 is 2.94 bits per heavy atom. The van der Waals surface area contributed by atoms with Crippen LogP contribution in [0.4, 0.5) is 14.9 Å². The number of carbonyl (C=O) groups is 1. The van der Waals surface area contributed by atoms with Crippen molar-refractivity contribution in [1.29, 1.82) is 5.26 Å². The van der Waals surface area contributed by atoms with E-state index >= 15 is 0 Å². The fraction of sp³-hybridized carbons (Fsp3) is 0.333. The Kier molecular flexibility index (Phi) is 3.33. The van der Waals surface area contributed by atoms with E-state index in [1.807, 2.05) is 6.07 Å². The standard InChI is InChI=1S/C12H12FN3O2/c1-18-12(17)16-6-8(7-16)15-11-4-2-3-10(13)9(11)5-14/h2-4,8,15H,6-7H2,1H3. The minimum atomic E-state index is -0.549. The number of methoxy groups -OCH3 is 1. The van der Waals surface area contributed by atoms with Gasteiger partial charge in [0.1, 0.15) is 17.4 Å². The maximum Gasteiger partial charge on any atom is 0.409 e. The highest BCUT2D eigenvalue weighted by molar-refractivity contribution is 5.69. The van der Waals surface area contributed by atoms with E-state index in [-0.39, 0.29) is 17.7 Å². The van der Waals surface area contributed by atoms with Gasteiger partial charge in [0.15, 0.2) is 0 Å². The van der Waals surface area contributed by atoms with Crippen molar-refractivity contribution in [2.24, 2.45) is 0 Å². The SMILES string of the molecule is COC(=O)N1CC(Nc2cccc(F)c2C#N)C1. The van der Waals surface area contributed by atoms with Gasteiger partial charge in [0.05, 0.1) is 18.8 Å². The average Bonchev–Trinajstić information content (AvgIpc) is 2.32. The average molecular weight is 249 g/mol. The topological polar surface area (TPSA) is 65.4 Å². The number of likely N-dealkylation sites (tertiary alicyclic amines) is 1. The first-order valence-electron chi connectivity index (χ1n) is 5.43. The minimum absolute atomic E-state index is 0.00554. The summed E-state index contributed by atoms with van der Waals surface area (Å²) >= 11 is 0. The number of nitrogens with zero attached hydrogens (tertiary/aromatic N) is 2. The van der Waals surface area contributed by atoms with Crippen molar-refractivity contribution in [3.8, 4) is 6.07 Å². The number of anilines is 1. The van der Waals surface area contributed by atoms with E-state index in [4.69, 9.17) is 5.26 Å². The van der Waals surface area contributed by atoms with Crippen molar-refractivity contribution in [1.82, 2.24) is 4.90 Å². The first-order chi connectivity index (χ1) is 8.65. The van der Waals surface area contributed by atoms with Crippen molar-refractivity contribution in [3.05, 3.63) is 29.6 Å². The third-order valence-electron chi connectivity index (χ3n) is 2.80. The highest BCUT2D eigenvalue weighted by Gasteiger charge is 2.31. The minimum Gasteiger partial charge on any atom is -0.453 e. The predicted octanol–water partition coefficient (Wildman–Crippen LogP) is 1.56. The van der Waals surface area contributed by atoms with E-state index in [1.54, 1.807) is 6.07 Å². The summed E-state index contributed by atoms with van der Waals surface area (Å²) < 4.78 is 17.9. The summed E-state index contributed by atoms with van der Waals surface area (Å²) in [6.45, 7) is 0.960. The maximum atomic E-state index is 13.3. The summed E-state index contributed by atoms with van der Waals surface area (Å²) in [6, 6.07) is 6.25. The summed E-state index contributed by atoms with van der Waals surface area (Å²) in [6.07, 6.45) is -0.382. The Morgan fingerprint density at radius 2 is 2.33 bits per heavy atom. The molecule has 5 nitrogen and oxygen atoms in total. The number of nitriles is 1. The van der Waals surface area contributed by atoms with E-state index in [1.165, 1.54) is 24.1 Å². The van der Waals surface area contributed by atoms with Crippen LogP contribution in [0, 0.1) is 17.1 Å². The van der Waals surface area contributed by atoms with Crippen molar-refractivity contribution in [3.63, 3.8) is 0 Å². The highest BCUT2D eigenvalue weighted by Crippen LogP contribution is 2.21. The van der Waals surface area contributed by atoms with Crippen LogP contribution in [-0.2, 0) is 4.74 Å². The van der Waals surface area contributed by atoms with Gasteiger partial charge in [0, 0.05) is 13.1 Å². The Morgan fingerprint density at radius 1 is 1.61 bits per heavy atom. The normalized spacial score (nSPS) is 14.6. The fourth-order valence-corrected chi connectivity index (χ4v) is 1.83. The van der Waals surface area contributed by atoms with Gasteiger partial charge in [-0.05, 0) is 12.1 Å². The lowest BCUT2D eigenvalue weighted by Gasteiger charge is -2.38. The van der Waals surface area contributed by atoms with Crippen LogP contribution in [0.5, 0.6) is 0 Å². The molecule has 0 bridgehead atoms. The Hall–Kier alpha value is -2.29. The van der Waals surface area contributed by atoms with Crippen molar-refractivity contribution in [2.75, 3.05) is 25.5 Å². The van der Waals surface area contributed by atoms with E-state index < -0.39 is 5.82 Å². The molecule has 18 heavy (non-hydrogen) atoms. The van der Waals surface area contributed by atoms with Crippen LogP contribution < -0.4 is 5.32 Å². The number of amides is 1. The van der Waals surface area contributed by atoms with Gasteiger partial charge in [0.2, 0.25) is 0 Å². The molecule has 1 aliphatic rings. The summed E-state index contributed by atoms with van der Waals surface area (Å²) in [5, 5.41) is 11.9. The van der Waals surface area contributed by atoms with Crippen molar-refractivity contribution in [2.45, 2.75) is 6.04 Å². The summed E-state index contributed by atoms with van der Waals surface area (Å²) in [7, 11) is 1.32. The number of carbonyl (C=O) groups excluding carboxylic acids is 1. The van der Waals surface area contributed by atoms with Gasteiger partial charge in [-0.3, -0.25) is 0 Å². The maximum absolute atomic E-state index is 13.3. The molecule has 1 N–H and O–H groups in total. The summed E-state index contributed by atoms with van der Waals surface area (Å²) in [5.41, 5.74) is 0.445. The van der Waals surface area contributed by atoms with E-state index in [9.17, 15) is 9.18 Å². The van der Waals surface area contributed by atoms with Crippen LogP contribution in [0.1, 0.15) is 5.56 Å². The third-order valence-corrected chi connectivity index (χ3v) is 2.80. The zero-order chi connectivity index (χ0) is 13.1. The lowest BCUT2D eigenvalue weighted by atomic mass is 10.1. The molecule has 0 unspecified atom stereocenters. The third kappa shape index (κ3) is 2.20. The summed E-state index contributed by atoms with van der Waals surface area (Å²) in [5.74, 6) is -0.549. The van der Waals surface area contributed by atoms with Gasteiger partial charge in [-0.2, -0.15) is 5.26 Å². The molecule has 0 spiro atoms. The molecule has 94 valence electrons. The smallest absolute Gasteiger partial charge is 0.409 e. The lowest BCUT2D eigenvalue weighted by Crippen LogP contribution is -2.57. The van der Waals surface area contributed by atoms with Gasteiger partial charge >= 0.3 is 6.09 Å². The fourth-order valence-electron chi connectivity index (χ4n) is 1.83. The van der Waals surface area contributed by atoms with Crippen LogP contribution in [-0.4, -0.2) is 37.2 Å². The molecule has 1 aromatic rings. The lowest BCUT2D eigenvalue weighted by molar-refractivity contribution is 0.0930. The van der Waals surface area contributed by atoms with Gasteiger partial charge in [0.25, 0.3) is 0 Å². The van der Waals surface area contributed by atoms with Crippen LogP contribution in [0.15, 0.2) is 18.2 Å². The van der Waals surface area contributed by atoms with Gasteiger partial charge < -0.3 is 15.0 Å². The molecule has 1 heterocycles. The molecule has 1 fully saturated rings. The van der Waals surface area contributed by atoms with Crippen LogP contribution in [0.3, 0.4) is 0 Å². The largest absolute Gasteiger partial charge is 0.453 e. The second kappa shape index (κ2) is 4.92. The molecule has 1 saturated heterocycles. The number of nitrogens with one attached hydrogen (secondary N) is 1. The second-order valence-corrected chi connectivity index (χ2v) is 3.99. The quantitative estimate of drug-likeness (QED) is 0.863. The van der Waals surface area contributed by atoms with Crippen LogP contribution in [0.25, 0.3) is 0 Å². The van der Waals surface area contributed by atoms with Crippen LogP contribution in [0.2, 0.25) is 0 Å². The number of rotatable bonds is 2. The molecule has 0 atom stereocenters. The van der Waals surface area contributed by atoms with E-state index in [0.717, 1.165) is 0 Å². The summed E-state index contributed by atoms with van der Waals surface area (Å²) in [4.78, 5) is 12.6. The number of hydrogen-bond donors (Lipinski definition) is 1. The Balaban J connectivity index is 1.99. The van der Waals surface area contributed by atoms with Gasteiger partial charge in [-0.1, -0.05) is 6.07 Å². The molecule has 0 aromatic heterocycles. The molecule has 1 aliphatic heterocycles. The second-order valence-electron chi connectivity index (χ2n) is 3.99. The van der Waals surface area contributed by atoms with E-state index in [0.29, 0.717) is 18.8 Å². The molecule has 1 amide bonds. The van der Waals surface area contributed by atoms with Crippen LogP contribution >= 0.6 is 0 Å². The van der Waals surface area contributed by atoms with E-state index in [2.05, 4.69) is 10.1 Å². The molecule has 1 aromatic carbocycles. The number of benzene rings is 1. The molecule has 0 saturated carbocycles. The number of hydrogen-bond acceptors (Lipinski definition) is 4. The number of halogens is 1. The molecule has 2 rings (SSSR count). The Bertz CT molecular complexity index is 507. The molecular weight excluding hydrogens is 237 g/mol. The Labute approximate surface area is 104 Å². The molecular formula is C12H12FN3O2. The van der Waals surface area contributed by atoms with Gasteiger partial charge in [-0.15, -0.1) is 0 Å². The predicted molar refractivity (Wildman–Crippen MR) is 62.5 cm³/mol. The number of ether oxygens (including phenoxy) is 1. The highest BCUT2D eigenvalue weighted by atomic mass is 19.1. The molecule has 6 heteroatoms. The van der Waals surface area contributed by atoms with Crippen molar-refractivity contribution >= 4 is 11.8 Å². The molecule has 0 radical (unpaired) electrons. The van der Waals surface area contributed by atoms with Gasteiger partial charge in [-0.25, -0.2) is 9.18 Å². The molecule has 0 aliphatic carbocycles. The monoisotopic (exact) mass is 249 g/mol. The zero-order valence-corrected chi connectivity index (χ0v) is 9.81. The first-order valence-corrected chi connectivity index (χ1v) is 5.43. The first kappa shape index (κ1) is 12.2. The zero-order valence-electron chi connectivity index (χ0n) is 9.81.